The molecule has 2 atom stereocenters. The minimum Gasteiger partial charge on any atom is -0.450 e. The van der Waals surface area contributed by atoms with E-state index < -0.39 is 0 Å². The first-order chi connectivity index (χ1) is 6.72. The van der Waals surface area contributed by atoms with Gasteiger partial charge in [0.15, 0.2) is 0 Å². The van der Waals surface area contributed by atoms with Gasteiger partial charge in [-0.3, -0.25) is 0 Å². The van der Waals surface area contributed by atoms with Crippen LogP contribution < -0.4 is 5.32 Å². The maximum absolute atomic E-state index is 11.2. The molecule has 4 nitrogen and oxygen atoms in total. The van der Waals surface area contributed by atoms with Crippen LogP contribution >= 0.6 is 0 Å². The third-order valence-corrected chi connectivity index (χ3v) is 2.46. The maximum Gasteiger partial charge on any atom is 0.407 e. The molecule has 2 N–H and O–H groups in total. The molecular weight excluding hydrogens is 182 g/mol. The number of hydrogen-bond donors (Lipinski definition) is 2. The lowest BCUT2D eigenvalue weighted by Crippen LogP contribution is -2.33. The first-order valence-corrected chi connectivity index (χ1v) is 5.33. The van der Waals surface area contributed by atoms with Crippen molar-refractivity contribution in [3.05, 3.63) is 0 Å². The highest BCUT2D eigenvalue weighted by atomic mass is 16.5. The SMILES string of the molecule is CCCCOC(=O)N[C@H]1CC[C@H](O)C1. The fraction of sp³-hybridized carbons (Fsp3) is 0.900. The van der Waals surface area contributed by atoms with Crippen molar-refractivity contribution in [2.24, 2.45) is 0 Å². The number of alkyl carbamates (subject to hydrolysis) is 1. The van der Waals surface area contributed by atoms with Gasteiger partial charge in [-0.1, -0.05) is 13.3 Å². The summed E-state index contributed by atoms with van der Waals surface area (Å²) in [5.74, 6) is 0. The lowest BCUT2D eigenvalue weighted by atomic mass is 10.2. The van der Waals surface area contributed by atoms with Gasteiger partial charge in [-0.05, 0) is 25.7 Å². The summed E-state index contributed by atoms with van der Waals surface area (Å²) in [4.78, 5) is 11.2. The molecule has 0 radical (unpaired) electrons. The molecule has 82 valence electrons. The van der Waals surface area contributed by atoms with Crippen molar-refractivity contribution in [3.63, 3.8) is 0 Å². The summed E-state index contributed by atoms with van der Waals surface area (Å²) >= 11 is 0. The molecule has 0 aliphatic heterocycles. The molecule has 0 aromatic carbocycles. The zero-order chi connectivity index (χ0) is 10.4. The van der Waals surface area contributed by atoms with Gasteiger partial charge in [-0.15, -0.1) is 0 Å². The number of ether oxygens (including phenoxy) is 1. The van der Waals surface area contributed by atoms with E-state index in [0.29, 0.717) is 13.0 Å². The van der Waals surface area contributed by atoms with Crippen molar-refractivity contribution in [2.45, 2.75) is 51.2 Å². The molecule has 1 saturated carbocycles. The van der Waals surface area contributed by atoms with E-state index in [-0.39, 0.29) is 18.2 Å². The van der Waals surface area contributed by atoms with Crippen molar-refractivity contribution < 1.29 is 14.6 Å². The first-order valence-electron chi connectivity index (χ1n) is 5.33. The van der Waals surface area contributed by atoms with Crippen molar-refractivity contribution in [1.82, 2.24) is 5.32 Å². The quantitative estimate of drug-likeness (QED) is 0.676. The van der Waals surface area contributed by atoms with Crippen LogP contribution in [0.2, 0.25) is 0 Å². The summed E-state index contributed by atoms with van der Waals surface area (Å²) in [6.45, 7) is 2.53. The van der Waals surface area contributed by atoms with E-state index in [2.05, 4.69) is 12.2 Å². The van der Waals surface area contributed by atoms with E-state index in [0.717, 1.165) is 25.7 Å². The maximum atomic E-state index is 11.2. The molecule has 0 saturated heterocycles. The molecule has 0 unspecified atom stereocenters. The van der Waals surface area contributed by atoms with Crippen LogP contribution in [0.3, 0.4) is 0 Å². The Labute approximate surface area is 84.6 Å². The summed E-state index contributed by atoms with van der Waals surface area (Å²) < 4.78 is 4.95. The number of unbranched alkanes of at least 4 members (excludes halogenated alkanes) is 1. The van der Waals surface area contributed by atoms with E-state index in [1.54, 1.807) is 0 Å². The standard InChI is InChI=1S/C10H19NO3/c1-2-3-6-14-10(13)11-8-4-5-9(12)7-8/h8-9,12H,2-7H2,1H3,(H,11,13)/t8-,9-/m0/s1. The summed E-state index contributed by atoms with van der Waals surface area (Å²) in [5.41, 5.74) is 0. The molecule has 1 amide bonds. The molecule has 0 heterocycles. The van der Waals surface area contributed by atoms with Gasteiger partial charge in [0.05, 0.1) is 12.7 Å². The molecule has 4 heteroatoms. The average Bonchev–Trinajstić information content (AvgIpc) is 2.52. The van der Waals surface area contributed by atoms with E-state index >= 15 is 0 Å². The van der Waals surface area contributed by atoms with Gasteiger partial charge in [0, 0.05) is 6.04 Å². The Morgan fingerprint density at radius 3 is 2.93 bits per heavy atom. The second-order valence-electron chi connectivity index (χ2n) is 3.80. The second-order valence-corrected chi connectivity index (χ2v) is 3.80. The van der Waals surface area contributed by atoms with E-state index in [9.17, 15) is 9.90 Å². The van der Waals surface area contributed by atoms with Crippen LogP contribution in [-0.4, -0.2) is 30.0 Å². The van der Waals surface area contributed by atoms with Gasteiger partial charge in [0.2, 0.25) is 0 Å². The average molecular weight is 201 g/mol. The van der Waals surface area contributed by atoms with Crippen LogP contribution in [0.1, 0.15) is 39.0 Å². The molecule has 0 spiro atoms. The fourth-order valence-corrected chi connectivity index (χ4v) is 1.61. The Balaban J connectivity index is 2.08. The molecular formula is C10H19NO3. The van der Waals surface area contributed by atoms with Gasteiger partial charge >= 0.3 is 6.09 Å². The number of aliphatic hydroxyl groups is 1. The van der Waals surface area contributed by atoms with Crippen LogP contribution in [0.25, 0.3) is 0 Å². The zero-order valence-electron chi connectivity index (χ0n) is 8.66. The third-order valence-electron chi connectivity index (χ3n) is 2.46. The molecule has 0 aromatic heterocycles. The van der Waals surface area contributed by atoms with E-state index in [1.807, 2.05) is 0 Å². The number of nitrogens with one attached hydrogen (secondary N) is 1. The normalized spacial score (nSPS) is 26.1. The first kappa shape index (κ1) is 11.3. The van der Waals surface area contributed by atoms with Crippen molar-refractivity contribution >= 4 is 6.09 Å². The highest BCUT2D eigenvalue weighted by Gasteiger charge is 2.24. The van der Waals surface area contributed by atoms with Crippen LogP contribution in [0.5, 0.6) is 0 Å². The van der Waals surface area contributed by atoms with Crippen LogP contribution in [-0.2, 0) is 4.74 Å². The number of aliphatic hydroxyl groups excluding tert-OH is 1. The fourth-order valence-electron chi connectivity index (χ4n) is 1.61. The lowest BCUT2D eigenvalue weighted by Gasteiger charge is -2.11. The summed E-state index contributed by atoms with van der Waals surface area (Å²) in [6.07, 6.45) is 3.61. The second kappa shape index (κ2) is 5.86. The van der Waals surface area contributed by atoms with Crippen molar-refractivity contribution in [1.29, 1.82) is 0 Å². The molecule has 1 fully saturated rings. The van der Waals surface area contributed by atoms with Crippen LogP contribution in [0.15, 0.2) is 0 Å². The number of carbonyl (C=O) groups excluding carboxylic acids is 1. The Morgan fingerprint density at radius 1 is 1.57 bits per heavy atom. The van der Waals surface area contributed by atoms with Crippen molar-refractivity contribution in [2.75, 3.05) is 6.61 Å². The monoisotopic (exact) mass is 201 g/mol. The number of hydrogen-bond acceptors (Lipinski definition) is 3. The number of carbonyl (C=O) groups is 1. The summed E-state index contributed by atoms with van der Waals surface area (Å²) in [5, 5.41) is 12.0. The summed E-state index contributed by atoms with van der Waals surface area (Å²) in [7, 11) is 0. The molecule has 1 rings (SSSR count). The Morgan fingerprint density at radius 2 is 2.36 bits per heavy atom. The smallest absolute Gasteiger partial charge is 0.407 e. The Kier molecular flexibility index (Phi) is 4.73. The van der Waals surface area contributed by atoms with Gasteiger partial charge in [0.1, 0.15) is 0 Å². The minimum absolute atomic E-state index is 0.0964. The number of rotatable bonds is 4. The van der Waals surface area contributed by atoms with Crippen molar-refractivity contribution in [3.8, 4) is 0 Å². The summed E-state index contributed by atoms with van der Waals surface area (Å²) in [6, 6.07) is 0.0964. The predicted octanol–water partition coefficient (Wildman–Crippen LogP) is 1.43. The van der Waals surface area contributed by atoms with Gasteiger partial charge < -0.3 is 15.2 Å². The number of amides is 1. The highest BCUT2D eigenvalue weighted by Crippen LogP contribution is 2.18. The van der Waals surface area contributed by atoms with E-state index in [1.165, 1.54) is 0 Å². The lowest BCUT2D eigenvalue weighted by molar-refractivity contribution is 0.138. The predicted molar refractivity (Wildman–Crippen MR) is 53.0 cm³/mol. The van der Waals surface area contributed by atoms with Gasteiger partial charge in [-0.25, -0.2) is 4.79 Å². The zero-order valence-corrected chi connectivity index (χ0v) is 8.66. The highest BCUT2D eigenvalue weighted by molar-refractivity contribution is 5.67. The largest absolute Gasteiger partial charge is 0.450 e. The van der Waals surface area contributed by atoms with E-state index in [4.69, 9.17) is 4.74 Å². The van der Waals surface area contributed by atoms with Gasteiger partial charge in [-0.2, -0.15) is 0 Å². The third kappa shape index (κ3) is 3.96. The van der Waals surface area contributed by atoms with Gasteiger partial charge in [0.25, 0.3) is 0 Å². The molecule has 0 aromatic rings. The Bertz CT molecular complexity index is 184. The topological polar surface area (TPSA) is 58.6 Å². The Hall–Kier alpha value is -0.770. The van der Waals surface area contributed by atoms with Crippen LogP contribution in [0.4, 0.5) is 4.79 Å². The molecule has 1 aliphatic carbocycles. The molecule has 14 heavy (non-hydrogen) atoms. The minimum atomic E-state index is -0.349. The van der Waals surface area contributed by atoms with Crippen LogP contribution in [0, 0.1) is 0 Å². The molecule has 0 bridgehead atoms. The molecule has 1 aliphatic rings.